The van der Waals surface area contributed by atoms with Gasteiger partial charge in [-0.1, -0.05) is 13.8 Å². The van der Waals surface area contributed by atoms with Gasteiger partial charge in [-0.2, -0.15) is 0 Å². The van der Waals surface area contributed by atoms with E-state index in [1.165, 1.54) is 18.2 Å². The van der Waals surface area contributed by atoms with Crippen LogP contribution in [0.25, 0.3) is 0 Å². The molecule has 1 aromatic carbocycles. The number of benzene rings is 1. The Bertz CT molecular complexity index is 554. The second kappa shape index (κ2) is 4.33. The molecule has 2 N–H and O–H groups in total. The first-order valence-corrected chi connectivity index (χ1v) is 6.05. The number of rotatable bonds is 3. The van der Waals surface area contributed by atoms with E-state index in [0.29, 0.717) is 11.3 Å². The van der Waals surface area contributed by atoms with Gasteiger partial charge in [-0.15, -0.1) is 0 Å². The minimum absolute atomic E-state index is 0.327. The Kier molecular flexibility index (Phi) is 3.08. The first kappa shape index (κ1) is 13.5. The van der Waals surface area contributed by atoms with Crippen LogP contribution >= 0.6 is 0 Å². The summed E-state index contributed by atoms with van der Waals surface area (Å²) < 4.78 is 13.0. The molecule has 1 aromatic rings. The van der Waals surface area contributed by atoms with E-state index in [9.17, 15) is 14.0 Å². The van der Waals surface area contributed by atoms with Crippen molar-refractivity contribution in [3.8, 4) is 0 Å². The Morgan fingerprint density at radius 1 is 1.32 bits per heavy atom. The fourth-order valence-corrected chi connectivity index (χ4v) is 2.57. The van der Waals surface area contributed by atoms with Crippen LogP contribution in [0.5, 0.6) is 0 Å². The van der Waals surface area contributed by atoms with Gasteiger partial charge in [0.1, 0.15) is 5.82 Å². The Morgan fingerprint density at radius 2 is 1.95 bits per heavy atom. The number of hydrogen-bond acceptors (Lipinski definition) is 2. The van der Waals surface area contributed by atoms with E-state index in [1.54, 1.807) is 20.8 Å². The van der Waals surface area contributed by atoms with Gasteiger partial charge in [0.2, 0.25) is 5.91 Å². The fourth-order valence-electron chi connectivity index (χ4n) is 2.57. The van der Waals surface area contributed by atoms with Crippen molar-refractivity contribution in [1.29, 1.82) is 0 Å². The van der Waals surface area contributed by atoms with Crippen LogP contribution < -0.4 is 5.32 Å². The molecular weight excluding hydrogens is 249 g/mol. The van der Waals surface area contributed by atoms with E-state index < -0.39 is 23.2 Å². The zero-order chi connectivity index (χ0) is 14.4. The predicted octanol–water partition coefficient (Wildman–Crippen LogP) is 2.43. The molecule has 102 valence electrons. The third-order valence-corrected chi connectivity index (χ3v) is 3.82. The summed E-state index contributed by atoms with van der Waals surface area (Å²) in [6.45, 7) is 5.20. The molecule has 0 heterocycles. The van der Waals surface area contributed by atoms with Crippen molar-refractivity contribution in [2.45, 2.75) is 20.8 Å². The first-order valence-electron chi connectivity index (χ1n) is 6.05. The second-order valence-corrected chi connectivity index (χ2v) is 5.56. The molecule has 1 saturated carbocycles. The third kappa shape index (κ3) is 2.32. The number of halogens is 1. The summed E-state index contributed by atoms with van der Waals surface area (Å²) in [6.07, 6.45) is 0. The molecule has 0 bridgehead atoms. The summed E-state index contributed by atoms with van der Waals surface area (Å²) in [5.74, 6) is -2.86. The van der Waals surface area contributed by atoms with E-state index in [2.05, 4.69) is 5.32 Å². The van der Waals surface area contributed by atoms with Crippen molar-refractivity contribution < 1.29 is 19.1 Å². The molecule has 0 spiro atoms. The number of aryl methyl sites for hydroxylation is 1. The van der Waals surface area contributed by atoms with E-state index in [1.807, 2.05) is 0 Å². The molecule has 1 aliphatic carbocycles. The van der Waals surface area contributed by atoms with Crippen LogP contribution in [0.1, 0.15) is 19.4 Å². The van der Waals surface area contributed by atoms with E-state index >= 15 is 0 Å². The summed E-state index contributed by atoms with van der Waals surface area (Å²) in [7, 11) is 0. The van der Waals surface area contributed by atoms with E-state index in [4.69, 9.17) is 5.11 Å². The van der Waals surface area contributed by atoms with Crippen molar-refractivity contribution in [3.05, 3.63) is 29.6 Å². The molecule has 5 heteroatoms. The van der Waals surface area contributed by atoms with Crippen LogP contribution in [-0.2, 0) is 9.59 Å². The Morgan fingerprint density at radius 3 is 2.42 bits per heavy atom. The standard InChI is InChI=1S/C14H16FNO3/c1-7-6-8(15)4-5-9(7)16-12(17)10-11(13(18)19)14(10,2)3/h4-6,10-11H,1-3H3,(H,16,17)(H,18,19)/t10-,11+/m1/s1. The van der Waals surface area contributed by atoms with Gasteiger partial charge in [0.05, 0.1) is 11.8 Å². The maximum absolute atomic E-state index is 13.0. The minimum Gasteiger partial charge on any atom is -0.481 e. The minimum atomic E-state index is -0.957. The first-order chi connectivity index (χ1) is 8.75. The van der Waals surface area contributed by atoms with Crippen molar-refractivity contribution >= 4 is 17.6 Å². The number of nitrogens with one attached hydrogen (secondary N) is 1. The number of aliphatic carboxylic acids is 1. The fraction of sp³-hybridized carbons (Fsp3) is 0.429. The molecule has 1 fully saturated rings. The number of amides is 1. The lowest BCUT2D eigenvalue weighted by Crippen LogP contribution is -2.18. The third-order valence-electron chi connectivity index (χ3n) is 3.82. The van der Waals surface area contributed by atoms with Crippen molar-refractivity contribution in [1.82, 2.24) is 0 Å². The molecule has 19 heavy (non-hydrogen) atoms. The molecule has 2 rings (SSSR count). The van der Waals surface area contributed by atoms with E-state index in [-0.39, 0.29) is 11.7 Å². The van der Waals surface area contributed by atoms with Gasteiger partial charge in [-0.25, -0.2) is 4.39 Å². The largest absolute Gasteiger partial charge is 0.481 e. The van der Waals surface area contributed by atoms with E-state index in [0.717, 1.165) is 0 Å². The molecule has 0 saturated heterocycles. The maximum atomic E-state index is 13.0. The molecule has 0 unspecified atom stereocenters. The summed E-state index contributed by atoms with van der Waals surface area (Å²) in [5.41, 5.74) is 0.584. The average Bonchev–Trinajstić information content (AvgIpc) is 2.86. The highest BCUT2D eigenvalue weighted by molar-refractivity contribution is 6.00. The SMILES string of the molecule is Cc1cc(F)ccc1NC(=O)[C@H]1[C@@H](C(=O)O)C1(C)C. The lowest BCUT2D eigenvalue weighted by molar-refractivity contribution is -0.140. The lowest BCUT2D eigenvalue weighted by Gasteiger charge is -2.09. The normalized spacial score (nSPS) is 23.8. The summed E-state index contributed by atoms with van der Waals surface area (Å²) in [6, 6.07) is 4.06. The monoisotopic (exact) mass is 265 g/mol. The second-order valence-electron chi connectivity index (χ2n) is 5.56. The maximum Gasteiger partial charge on any atom is 0.307 e. The smallest absolute Gasteiger partial charge is 0.307 e. The Balaban J connectivity index is 2.13. The average molecular weight is 265 g/mol. The van der Waals surface area contributed by atoms with Gasteiger partial charge in [0.15, 0.2) is 0 Å². The van der Waals surface area contributed by atoms with Crippen molar-refractivity contribution in [2.75, 3.05) is 5.32 Å². The highest BCUT2D eigenvalue weighted by Crippen LogP contribution is 2.58. The number of carbonyl (C=O) groups is 2. The van der Waals surface area contributed by atoms with Gasteiger partial charge in [-0.3, -0.25) is 9.59 Å². The van der Waals surface area contributed by atoms with Crippen molar-refractivity contribution in [3.63, 3.8) is 0 Å². The molecule has 1 amide bonds. The van der Waals surface area contributed by atoms with Crippen LogP contribution in [0.2, 0.25) is 0 Å². The van der Waals surface area contributed by atoms with Gasteiger partial charge in [0, 0.05) is 5.69 Å². The summed E-state index contributed by atoms with van der Waals surface area (Å²) in [5, 5.41) is 11.7. The Labute approximate surface area is 110 Å². The van der Waals surface area contributed by atoms with Crippen LogP contribution in [0.4, 0.5) is 10.1 Å². The molecular formula is C14H16FNO3. The summed E-state index contributed by atoms with van der Waals surface area (Å²) in [4.78, 5) is 23.1. The number of hydrogen-bond donors (Lipinski definition) is 2. The van der Waals surface area contributed by atoms with Crippen LogP contribution in [0.15, 0.2) is 18.2 Å². The number of anilines is 1. The summed E-state index contributed by atoms with van der Waals surface area (Å²) >= 11 is 0. The number of carboxylic acids is 1. The molecule has 1 aliphatic rings. The quantitative estimate of drug-likeness (QED) is 0.882. The van der Waals surface area contributed by atoms with Crippen LogP contribution in [-0.4, -0.2) is 17.0 Å². The van der Waals surface area contributed by atoms with Gasteiger partial charge >= 0.3 is 5.97 Å². The lowest BCUT2D eigenvalue weighted by atomic mass is 10.1. The zero-order valence-corrected chi connectivity index (χ0v) is 11.0. The number of carboxylic acid groups (broad SMARTS) is 1. The van der Waals surface area contributed by atoms with Crippen LogP contribution in [0.3, 0.4) is 0 Å². The van der Waals surface area contributed by atoms with Crippen LogP contribution in [0, 0.1) is 30.0 Å². The molecule has 0 radical (unpaired) electrons. The highest BCUT2D eigenvalue weighted by atomic mass is 19.1. The highest BCUT2D eigenvalue weighted by Gasteiger charge is 2.65. The molecule has 0 aromatic heterocycles. The number of carbonyl (C=O) groups excluding carboxylic acids is 1. The van der Waals surface area contributed by atoms with Gasteiger partial charge in [-0.05, 0) is 36.1 Å². The zero-order valence-electron chi connectivity index (χ0n) is 11.0. The van der Waals surface area contributed by atoms with Gasteiger partial charge < -0.3 is 10.4 Å². The van der Waals surface area contributed by atoms with Gasteiger partial charge in [0.25, 0.3) is 0 Å². The topological polar surface area (TPSA) is 66.4 Å². The molecule has 4 nitrogen and oxygen atoms in total. The molecule has 2 atom stereocenters. The van der Waals surface area contributed by atoms with Crippen molar-refractivity contribution in [2.24, 2.45) is 17.3 Å². The predicted molar refractivity (Wildman–Crippen MR) is 68.2 cm³/mol. The Hall–Kier alpha value is -1.91. The molecule has 0 aliphatic heterocycles.